The van der Waals surface area contributed by atoms with Gasteiger partial charge in [-0.2, -0.15) is 15.0 Å². The molecule has 11 heteroatoms. The number of unbranched alkanes of at least 4 members (excludes halogenated alkanes) is 10. The molecule has 9 nitrogen and oxygen atoms in total. The van der Waals surface area contributed by atoms with Crippen LogP contribution in [0.5, 0.6) is 17.2 Å². The van der Waals surface area contributed by atoms with Crippen molar-refractivity contribution >= 4 is 51.7 Å². The van der Waals surface area contributed by atoms with Gasteiger partial charge in [-0.3, -0.25) is 5.43 Å². The van der Waals surface area contributed by atoms with E-state index in [4.69, 9.17) is 9.98 Å². The average molecular weight is 1030 g/mol. The summed E-state index contributed by atoms with van der Waals surface area (Å²) in [7, 11) is 0. The van der Waals surface area contributed by atoms with Gasteiger partial charge in [0.15, 0.2) is 5.17 Å². The topological polar surface area (TPSA) is 125 Å². The molecule has 1 atom stereocenters. The number of thioether (sulfide) groups is 2. The molecule has 3 aromatic carbocycles. The predicted octanol–water partition coefficient (Wildman–Crippen LogP) is 18.0. The van der Waals surface area contributed by atoms with E-state index in [1.807, 2.05) is 0 Å². The van der Waals surface area contributed by atoms with Gasteiger partial charge in [0, 0.05) is 50.5 Å². The lowest BCUT2D eigenvalue weighted by molar-refractivity contribution is 0.360. The van der Waals surface area contributed by atoms with E-state index in [1.165, 1.54) is 51.4 Å². The van der Waals surface area contributed by atoms with Gasteiger partial charge >= 0.3 is 0 Å². The summed E-state index contributed by atoms with van der Waals surface area (Å²) in [4.78, 5) is 11.3. The van der Waals surface area contributed by atoms with Crippen LogP contribution in [0.15, 0.2) is 46.4 Å². The van der Waals surface area contributed by atoms with E-state index < -0.39 is 5.12 Å². The van der Waals surface area contributed by atoms with E-state index in [0.717, 1.165) is 87.6 Å². The number of phenols is 3. The zero-order valence-electron chi connectivity index (χ0n) is 48.9. The van der Waals surface area contributed by atoms with Crippen LogP contribution >= 0.6 is 23.5 Å². The van der Waals surface area contributed by atoms with Crippen LogP contribution in [0.3, 0.4) is 0 Å². The highest BCUT2D eigenvalue weighted by atomic mass is 32.2. The second-order valence-corrected chi connectivity index (χ2v) is 29.0. The summed E-state index contributed by atoms with van der Waals surface area (Å²) in [6.07, 6.45) is 14.1. The molecule has 4 rings (SSSR count). The molecule has 1 unspecified atom stereocenters. The molecule has 0 saturated heterocycles. The Morgan fingerprint density at radius 3 is 1.17 bits per heavy atom. The molecular weight excluding hydrogens is 929 g/mol. The number of nitrogens with zero attached hydrogens (tertiary/aromatic N) is 3. The summed E-state index contributed by atoms with van der Waals surface area (Å²) in [5, 5.41) is 45.4. The van der Waals surface area contributed by atoms with Crippen molar-refractivity contribution in [1.82, 2.24) is 5.01 Å². The van der Waals surface area contributed by atoms with Gasteiger partial charge in [-0.25, -0.2) is 0 Å². The molecule has 0 bridgehead atoms. The van der Waals surface area contributed by atoms with Crippen molar-refractivity contribution in [3.8, 4) is 17.2 Å². The van der Waals surface area contributed by atoms with Crippen molar-refractivity contribution in [2.24, 2.45) is 9.98 Å². The van der Waals surface area contributed by atoms with E-state index in [9.17, 15) is 15.3 Å². The normalized spacial score (nSPS) is 16.2. The smallest absolute Gasteiger partial charge is 0.281 e. The number of aliphatic imine (C=N–C) groups is 2. The van der Waals surface area contributed by atoms with Crippen molar-refractivity contribution in [3.63, 3.8) is 0 Å². The van der Waals surface area contributed by atoms with Crippen LogP contribution in [0.2, 0.25) is 0 Å². The molecule has 404 valence electrons. The predicted molar refractivity (Wildman–Crippen MR) is 318 cm³/mol. The fourth-order valence-electron chi connectivity index (χ4n) is 9.11. The Hall–Kier alpha value is -3.70. The van der Waals surface area contributed by atoms with Crippen molar-refractivity contribution < 1.29 is 15.3 Å². The highest BCUT2D eigenvalue weighted by molar-refractivity contribution is 8.14. The van der Waals surface area contributed by atoms with Crippen molar-refractivity contribution in [1.29, 1.82) is 0 Å². The van der Waals surface area contributed by atoms with Crippen LogP contribution in [0.25, 0.3) is 0 Å². The Morgan fingerprint density at radius 1 is 0.458 bits per heavy atom. The molecule has 0 saturated carbocycles. The maximum atomic E-state index is 12.0. The summed E-state index contributed by atoms with van der Waals surface area (Å²) in [6.45, 7) is 43.1. The first-order valence-corrected chi connectivity index (χ1v) is 29.3. The van der Waals surface area contributed by atoms with E-state index >= 15 is 0 Å². The number of hydrazine groups is 1. The number of hydrogen-bond acceptors (Lipinski definition) is 11. The van der Waals surface area contributed by atoms with E-state index in [1.54, 1.807) is 23.5 Å². The third kappa shape index (κ3) is 16.4. The molecule has 72 heavy (non-hydrogen) atoms. The van der Waals surface area contributed by atoms with Gasteiger partial charge in [0.25, 0.3) is 5.12 Å². The molecule has 0 spiro atoms. The number of guanidine groups is 1. The van der Waals surface area contributed by atoms with Crippen LogP contribution < -0.4 is 16.1 Å². The fraction of sp³-hybridized carbons (Fsp3) is 0.672. The Balaban J connectivity index is 2.15. The summed E-state index contributed by atoms with van der Waals surface area (Å²) in [5.41, 5.74) is 9.22. The second-order valence-electron chi connectivity index (χ2n) is 26.6. The third-order valence-electron chi connectivity index (χ3n) is 13.5. The van der Waals surface area contributed by atoms with Gasteiger partial charge in [-0.05, 0) is 87.5 Å². The number of hydrogen-bond donors (Lipinski definition) is 6. The highest BCUT2D eigenvalue weighted by Crippen LogP contribution is 2.47. The Kier molecular flexibility index (Phi) is 20.6. The zero-order valence-corrected chi connectivity index (χ0v) is 50.5. The number of amidine groups is 1. The average Bonchev–Trinajstić information content (AvgIpc) is 3.23. The van der Waals surface area contributed by atoms with Crippen molar-refractivity contribution in [2.75, 3.05) is 27.6 Å². The van der Waals surface area contributed by atoms with Gasteiger partial charge in [-0.1, -0.05) is 226 Å². The Labute approximate surface area is 447 Å². The number of phenolic OH excluding ortho intramolecular Hbond substituents is 3. The number of aromatic hydroxyl groups is 3. The standard InChI is InChI=1S/C61H100N6O3S2/c1-21-23-25-27-29-31-33-71-54-63-53(62-41-35-44(55(3,4)5)50(68)45(36-41)56(6,7)8)67(66-43-39-48(59(15,16)17)52(70)49(40-43)60(18,19)20)61(65-54,72-34-32-30-28-26-24-22-2)64-42-37-46(57(9,10)11)51(69)47(38-42)58(12,13)14/h35-40,64,66,68-70H,21-34H2,1-20H3,(H,62,63,65). The molecule has 3 aromatic rings. The molecule has 0 aliphatic carbocycles. The second kappa shape index (κ2) is 24.3. The number of benzene rings is 3. The van der Waals surface area contributed by atoms with Crippen molar-refractivity contribution in [3.05, 3.63) is 69.8 Å². The SMILES string of the molecule is CCCCCCCCSC1=NC(Nc2cc(C(C)(C)C)c(O)c(C(C)(C)C)c2)(SCCCCCCCC)N(Nc2cc(C(C)(C)C)c(O)c(C(C)(C)C)c2)C(Nc2cc(C(C)(C)C)c(O)c(C(C)(C)C)c2)=N1. The lowest BCUT2D eigenvalue weighted by atomic mass is 9.79. The minimum absolute atomic E-state index is 0.307. The summed E-state index contributed by atoms with van der Waals surface area (Å²) in [6, 6.07) is 12.5. The minimum atomic E-state index is -1.24. The first-order chi connectivity index (χ1) is 33.1. The van der Waals surface area contributed by atoms with Gasteiger partial charge in [0.1, 0.15) is 17.2 Å². The first kappa shape index (κ1) is 60.9. The third-order valence-corrected chi connectivity index (χ3v) is 15.7. The molecule has 0 amide bonds. The largest absolute Gasteiger partial charge is 0.507 e. The lowest BCUT2D eigenvalue weighted by Crippen LogP contribution is -2.60. The Bertz CT molecular complexity index is 2230. The Morgan fingerprint density at radius 2 is 0.792 bits per heavy atom. The summed E-state index contributed by atoms with van der Waals surface area (Å²) in [5.74, 6) is 3.16. The van der Waals surface area contributed by atoms with Crippen LogP contribution in [0, 0.1) is 0 Å². The van der Waals surface area contributed by atoms with Crippen LogP contribution in [-0.4, -0.2) is 48.1 Å². The number of anilines is 3. The maximum absolute atomic E-state index is 12.0. The highest BCUT2D eigenvalue weighted by Gasteiger charge is 2.45. The monoisotopic (exact) mass is 1030 g/mol. The van der Waals surface area contributed by atoms with Crippen molar-refractivity contribution in [2.45, 2.75) is 253 Å². The van der Waals surface area contributed by atoms with Crippen LogP contribution in [-0.2, 0) is 32.5 Å². The molecule has 1 aliphatic rings. The van der Waals surface area contributed by atoms with E-state index in [-0.39, 0.29) is 32.5 Å². The van der Waals surface area contributed by atoms with E-state index in [2.05, 4.69) is 196 Å². The number of rotatable bonds is 20. The first-order valence-electron chi connectivity index (χ1n) is 27.3. The minimum Gasteiger partial charge on any atom is -0.507 e. The van der Waals surface area contributed by atoms with Crippen LogP contribution in [0.1, 0.15) is 249 Å². The summed E-state index contributed by atoms with van der Waals surface area (Å²) < 4.78 is 0. The molecule has 1 aliphatic heterocycles. The molecule has 0 fully saturated rings. The zero-order chi connectivity index (χ0) is 54.3. The number of nitrogens with one attached hydrogen (secondary N) is 3. The molecule has 6 N–H and O–H groups in total. The molecule has 1 heterocycles. The maximum Gasteiger partial charge on any atom is 0.281 e. The van der Waals surface area contributed by atoms with Gasteiger partial charge in [0.05, 0.1) is 5.69 Å². The molecular formula is C61H100N6O3S2. The van der Waals surface area contributed by atoms with Gasteiger partial charge in [-0.15, -0.1) is 0 Å². The summed E-state index contributed by atoms with van der Waals surface area (Å²) >= 11 is 3.45. The molecule has 0 radical (unpaired) electrons. The quantitative estimate of drug-likeness (QED) is 0.0373. The van der Waals surface area contributed by atoms with Crippen LogP contribution in [0.4, 0.5) is 17.1 Å². The van der Waals surface area contributed by atoms with Gasteiger partial charge in [0.2, 0.25) is 5.96 Å². The van der Waals surface area contributed by atoms with E-state index in [0.29, 0.717) is 28.4 Å². The molecule has 0 aromatic heterocycles. The fourth-order valence-corrected chi connectivity index (χ4v) is 11.3. The van der Waals surface area contributed by atoms with Gasteiger partial charge < -0.3 is 26.0 Å². The lowest BCUT2D eigenvalue weighted by Gasteiger charge is -2.45.